The summed E-state index contributed by atoms with van der Waals surface area (Å²) in [5.41, 5.74) is 0.736. The third-order valence-corrected chi connectivity index (χ3v) is 3.49. The Morgan fingerprint density at radius 1 is 1.29 bits per heavy atom. The fraction of sp³-hybridized carbons (Fsp3) is 0.333. The van der Waals surface area contributed by atoms with Crippen LogP contribution in [0.15, 0.2) is 24.3 Å². The molecule has 1 rings (SSSR count). The molecule has 0 bridgehead atoms. The van der Waals surface area contributed by atoms with Crippen molar-refractivity contribution in [3.63, 3.8) is 0 Å². The average Bonchev–Trinajstić information content (AvgIpc) is 2.37. The summed E-state index contributed by atoms with van der Waals surface area (Å²) in [7, 11) is -6.66. The Bertz CT molecular complexity index is 607. The zero-order chi connectivity index (χ0) is 18.3. The molecule has 1 aromatic rings. The van der Waals surface area contributed by atoms with Crippen molar-refractivity contribution in [1.29, 1.82) is 0 Å². The van der Waals surface area contributed by atoms with E-state index >= 15 is 0 Å². The summed E-state index contributed by atoms with van der Waals surface area (Å²) in [6, 6.07) is 5.78. The highest BCUT2D eigenvalue weighted by Gasteiger charge is 2.35. The summed E-state index contributed by atoms with van der Waals surface area (Å²) in [5, 5.41) is 12.4. The van der Waals surface area contributed by atoms with Gasteiger partial charge in [0, 0.05) is 5.69 Å². The number of ketones is 1. The van der Waals surface area contributed by atoms with Gasteiger partial charge in [0.05, 0.1) is 12.8 Å². The predicted molar refractivity (Wildman–Crippen MR) is 83.8 cm³/mol. The fourth-order valence-corrected chi connectivity index (χ4v) is 2.56. The SMILES string of the molecule is CC(=O)CC(=O)Nc1ccc(CC(O)(OP(O)O)O[PH](=O)O)cc1. The van der Waals surface area contributed by atoms with Gasteiger partial charge in [0.15, 0.2) is 0 Å². The van der Waals surface area contributed by atoms with E-state index in [-0.39, 0.29) is 12.2 Å². The van der Waals surface area contributed by atoms with Gasteiger partial charge in [0.2, 0.25) is 5.91 Å². The second kappa shape index (κ2) is 9.31. The Morgan fingerprint density at radius 2 is 1.88 bits per heavy atom. The van der Waals surface area contributed by atoms with Gasteiger partial charge in [-0.2, -0.15) is 0 Å². The molecule has 5 N–H and O–H groups in total. The van der Waals surface area contributed by atoms with Gasteiger partial charge in [0.1, 0.15) is 5.78 Å². The molecule has 1 aromatic carbocycles. The topological polar surface area (TPSA) is 163 Å². The molecule has 2 atom stereocenters. The first-order chi connectivity index (χ1) is 11.1. The van der Waals surface area contributed by atoms with Crippen LogP contribution in [0.25, 0.3) is 0 Å². The van der Waals surface area contributed by atoms with E-state index in [9.17, 15) is 19.3 Å². The lowest BCUT2D eigenvalue weighted by Crippen LogP contribution is -2.34. The third kappa shape index (κ3) is 8.05. The van der Waals surface area contributed by atoms with E-state index in [4.69, 9.17) is 14.7 Å². The number of amides is 1. The highest BCUT2D eigenvalue weighted by atomic mass is 31.2. The Morgan fingerprint density at radius 3 is 2.33 bits per heavy atom. The number of hydrogen-bond acceptors (Lipinski definition) is 8. The third-order valence-electron chi connectivity index (χ3n) is 2.55. The molecule has 0 aromatic heterocycles. The first kappa shape index (κ1) is 20.8. The van der Waals surface area contributed by atoms with Crippen molar-refractivity contribution in [2.24, 2.45) is 0 Å². The molecule has 2 unspecified atom stereocenters. The largest absolute Gasteiger partial charge is 0.342 e. The fourth-order valence-electron chi connectivity index (χ4n) is 1.75. The molecule has 0 fully saturated rings. The lowest BCUT2D eigenvalue weighted by atomic mass is 10.1. The highest BCUT2D eigenvalue weighted by molar-refractivity contribution is 7.39. The number of benzene rings is 1. The number of carbonyl (C=O) groups excluding carboxylic acids is 2. The van der Waals surface area contributed by atoms with Gasteiger partial charge < -0.3 is 25.1 Å². The molecular weight excluding hydrogens is 364 g/mol. The van der Waals surface area contributed by atoms with Gasteiger partial charge in [-0.3, -0.25) is 23.2 Å². The van der Waals surface area contributed by atoms with Crippen LogP contribution in [0.2, 0.25) is 0 Å². The van der Waals surface area contributed by atoms with Crippen LogP contribution in [-0.2, 0) is 29.6 Å². The number of nitrogens with one attached hydrogen (secondary N) is 1. The number of carbonyl (C=O) groups is 2. The minimum Gasteiger partial charge on any atom is -0.342 e. The van der Waals surface area contributed by atoms with Crippen molar-refractivity contribution in [2.75, 3.05) is 5.32 Å². The summed E-state index contributed by atoms with van der Waals surface area (Å²) >= 11 is 0. The maximum atomic E-state index is 11.5. The lowest BCUT2D eigenvalue weighted by Gasteiger charge is -2.26. The Labute approximate surface area is 139 Å². The second-order valence-corrected chi connectivity index (χ2v) is 6.15. The van der Waals surface area contributed by atoms with Crippen LogP contribution >= 0.6 is 16.9 Å². The van der Waals surface area contributed by atoms with Crippen molar-refractivity contribution in [1.82, 2.24) is 0 Å². The van der Waals surface area contributed by atoms with E-state index in [0.717, 1.165) is 0 Å². The standard InChI is InChI=1S/C12H17NO9P2/c1-8(14)6-11(15)13-10-4-2-9(3-5-10)7-12(16,21-23(17)18)22-24(19)20/h2-5,16-18,24H,6-7H2,1H3,(H,13,15)(H,19,20). The smallest absolute Gasteiger partial charge is 0.331 e. The van der Waals surface area contributed by atoms with Crippen LogP contribution in [0.3, 0.4) is 0 Å². The minimum absolute atomic E-state index is 0.259. The molecule has 1 amide bonds. The number of hydrogen-bond donors (Lipinski definition) is 5. The molecule has 12 heteroatoms. The predicted octanol–water partition coefficient (Wildman–Crippen LogP) is 0.419. The first-order valence-electron chi connectivity index (χ1n) is 6.49. The van der Waals surface area contributed by atoms with Gasteiger partial charge in [-0.1, -0.05) is 12.1 Å². The lowest BCUT2D eigenvalue weighted by molar-refractivity contribution is -0.274. The highest BCUT2D eigenvalue weighted by Crippen LogP contribution is 2.38. The molecule has 0 saturated carbocycles. The Balaban J connectivity index is 2.77. The molecule has 0 heterocycles. The summed E-state index contributed by atoms with van der Waals surface area (Å²) in [6.07, 6.45) is -0.740. The summed E-state index contributed by atoms with van der Waals surface area (Å²) < 4.78 is 19.4. The molecule has 0 aliphatic heterocycles. The van der Waals surface area contributed by atoms with Gasteiger partial charge in [-0.05, 0) is 24.6 Å². The van der Waals surface area contributed by atoms with Crippen LogP contribution in [0.4, 0.5) is 5.69 Å². The molecule has 10 nitrogen and oxygen atoms in total. The van der Waals surface area contributed by atoms with Crippen molar-refractivity contribution < 1.29 is 43.0 Å². The van der Waals surface area contributed by atoms with Crippen molar-refractivity contribution >= 4 is 34.2 Å². The summed E-state index contributed by atoms with van der Waals surface area (Å²) in [6.45, 7) is 1.29. The summed E-state index contributed by atoms with van der Waals surface area (Å²) in [4.78, 5) is 48.6. The molecule has 24 heavy (non-hydrogen) atoms. The molecular formula is C12H17NO9P2. The average molecular weight is 381 g/mol. The molecule has 0 saturated heterocycles. The summed E-state index contributed by atoms with van der Waals surface area (Å²) in [5.74, 6) is -3.46. The van der Waals surface area contributed by atoms with Crippen molar-refractivity contribution in [3.05, 3.63) is 29.8 Å². The molecule has 0 radical (unpaired) electrons. The minimum atomic E-state index is -3.62. The van der Waals surface area contributed by atoms with E-state index in [1.54, 1.807) is 0 Å². The van der Waals surface area contributed by atoms with Crippen molar-refractivity contribution in [2.45, 2.75) is 25.7 Å². The molecule has 134 valence electrons. The molecule has 0 spiro atoms. The zero-order valence-corrected chi connectivity index (χ0v) is 14.4. The molecule has 0 aliphatic carbocycles. The van der Waals surface area contributed by atoms with E-state index in [1.165, 1.54) is 31.2 Å². The van der Waals surface area contributed by atoms with Gasteiger partial charge in [0.25, 0.3) is 5.97 Å². The van der Waals surface area contributed by atoms with Gasteiger partial charge in [-0.25, -0.2) is 0 Å². The van der Waals surface area contributed by atoms with Crippen LogP contribution < -0.4 is 5.32 Å². The number of rotatable bonds is 9. The molecule has 0 aliphatic rings. The number of anilines is 1. The zero-order valence-electron chi connectivity index (χ0n) is 12.5. The van der Waals surface area contributed by atoms with E-state index in [1.807, 2.05) is 0 Å². The van der Waals surface area contributed by atoms with E-state index in [2.05, 4.69) is 14.4 Å². The maximum Gasteiger partial charge on any atom is 0.331 e. The van der Waals surface area contributed by atoms with Crippen LogP contribution in [-0.4, -0.2) is 37.5 Å². The van der Waals surface area contributed by atoms with Crippen LogP contribution in [0.5, 0.6) is 0 Å². The number of aliphatic hydroxyl groups is 1. The van der Waals surface area contributed by atoms with E-state index < -0.39 is 35.2 Å². The monoisotopic (exact) mass is 381 g/mol. The normalized spacial score (nSPS) is 14.9. The first-order valence-corrected chi connectivity index (χ1v) is 8.92. The van der Waals surface area contributed by atoms with Crippen LogP contribution in [0, 0.1) is 0 Å². The van der Waals surface area contributed by atoms with Crippen molar-refractivity contribution in [3.8, 4) is 0 Å². The Kier molecular flexibility index (Phi) is 8.08. The second-order valence-electron chi connectivity index (χ2n) is 4.73. The quantitative estimate of drug-likeness (QED) is 0.232. The Hall–Kier alpha value is -1.22. The number of Topliss-reactive ketones (excluding diaryl/α,β-unsaturated/α-hetero) is 1. The maximum absolute atomic E-state index is 11.5. The van der Waals surface area contributed by atoms with E-state index in [0.29, 0.717) is 11.3 Å². The van der Waals surface area contributed by atoms with Crippen LogP contribution in [0.1, 0.15) is 18.9 Å². The van der Waals surface area contributed by atoms with Gasteiger partial charge >= 0.3 is 16.9 Å². The van der Waals surface area contributed by atoms with Gasteiger partial charge in [-0.15, -0.1) is 0 Å².